The lowest BCUT2D eigenvalue weighted by Gasteiger charge is -2.41. The number of hydrogen-bond acceptors (Lipinski definition) is 6. The van der Waals surface area contributed by atoms with Crippen molar-refractivity contribution in [1.29, 1.82) is 0 Å². The summed E-state index contributed by atoms with van der Waals surface area (Å²) in [7, 11) is 0. The SMILES string of the molecule is Nc1ncnc2c1c(-c1ccc3ccc(-c4ccccc4)nc3c1)nn2C1CC(CN2CCC2)C1. The highest BCUT2D eigenvalue weighted by atomic mass is 15.3. The Balaban J connectivity index is 1.27. The first-order chi connectivity index (χ1) is 17.2. The number of likely N-dealkylation sites (tertiary alicyclic amines) is 1. The molecule has 7 heteroatoms. The number of hydrogen-bond donors (Lipinski definition) is 1. The second-order valence-electron chi connectivity index (χ2n) is 9.87. The summed E-state index contributed by atoms with van der Waals surface area (Å²) in [6.45, 7) is 3.71. The zero-order valence-corrected chi connectivity index (χ0v) is 19.5. The maximum Gasteiger partial charge on any atom is 0.164 e. The topological polar surface area (TPSA) is 85.7 Å². The minimum Gasteiger partial charge on any atom is -0.383 e. The van der Waals surface area contributed by atoms with Crippen LogP contribution in [0.2, 0.25) is 0 Å². The van der Waals surface area contributed by atoms with Gasteiger partial charge in [-0.3, -0.25) is 0 Å². The molecule has 0 bridgehead atoms. The lowest BCUT2D eigenvalue weighted by atomic mass is 9.79. The van der Waals surface area contributed by atoms with Gasteiger partial charge in [0.2, 0.25) is 0 Å². The van der Waals surface area contributed by atoms with Gasteiger partial charge in [-0.2, -0.15) is 5.10 Å². The molecule has 2 aromatic carbocycles. The van der Waals surface area contributed by atoms with Gasteiger partial charge in [0.15, 0.2) is 5.65 Å². The second-order valence-corrected chi connectivity index (χ2v) is 9.87. The standard InChI is InChI=1S/C28H27N7/c29-27-25-26(21-8-7-20-9-10-23(32-24(20)15-21)19-5-2-1-3-6-19)33-35(28(25)31-17-30-27)22-13-18(14-22)16-34-11-4-12-34/h1-3,5-10,15,17-18,22H,4,11-14,16H2,(H2,29,30,31). The van der Waals surface area contributed by atoms with E-state index in [2.05, 4.69) is 62.0 Å². The van der Waals surface area contributed by atoms with Gasteiger partial charge in [0.1, 0.15) is 17.8 Å². The molecule has 1 aliphatic carbocycles. The van der Waals surface area contributed by atoms with E-state index in [-0.39, 0.29) is 0 Å². The monoisotopic (exact) mass is 461 g/mol. The summed E-state index contributed by atoms with van der Waals surface area (Å²) >= 11 is 0. The quantitative estimate of drug-likeness (QED) is 0.399. The van der Waals surface area contributed by atoms with Crippen molar-refractivity contribution < 1.29 is 0 Å². The van der Waals surface area contributed by atoms with E-state index in [0.717, 1.165) is 63.2 Å². The molecule has 1 saturated carbocycles. The zero-order valence-electron chi connectivity index (χ0n) is 19.5. The highest BCUT2D eigenvalue weighted by Gasteiger charge is 2.35. The van der Waals surface area contributed by atoms with E-state index >= 15 is 0 Å². The second kappa shape index (κ2) is 8.13. The number of nitrogens with zero attached hydrogens (tertiary/aromatic N) is 6. The van der Waals surface area contributed by atoms with Crippen LogP contribution >= 0.6 is 0 Å². The fourth-order valence-corrected chi connectivity index (χ4v) is 5.46. The number of pyridine rings is 1. The fourth-order valence-electron chi connectivity index (χ4n) is 5.46. The number of nitrogen functional groups attached to an aromatic ring is 1. The van der Waals surface area contributed by atoms with Gasteiger partial charge < -0.3 is 10.6 Å². The molecule has 4 heterocycles. The first kappa shape index (κ1) is 20.5. The van der Waals surface area contributed by atoms with E-state index in [1.54, 1.807) is 6.33 Å². The van der Waals surface area contributed by atoms with E-state index < -0.39 is 0 Å². The van der Waals surface area contributed by atoms with E-state index in [0.29, 0.717) is 11.9 Å². The van der Waals surface area contributed by atoms with Crippen molar-refractivity contribution in [1.82, 2.24) is 29.6 Å². The normalized spacial score (nSPS) is 20.1. The van der Waals surface area contributed by atoms with Crippen molar-refractivity contribution in [3.63, 3.8) is 0 Å². The highest BCUT2D eigenvalue weighted by molar-refractivity contribution is 6.00. The Morgan fingerprint density at radius 1 is 0.914 bits per heavy atom. The molecule has 0 radical (unpaired) electrons. The third kappa shape index (κ3) is 3.54. The summed E-state index contributed by atoms with van der Waals surface area (Å²) in [5.41, 5.74) is 12.0. The zero-order chi connectivity index (χ0) is 23.4. The number of aromatic nitrogens is 5. The van der Waals surface area contributed by atoms with Gasteiger partial charge >= 0.3 is 0 Å². The largest absolute Gasteiger partial charge is 0.383 e. The van der Waals surface area contributed by atoms with Crippen LogP contribution in [-0.2, 0) is 0 Å². The van der Waals surface area contributed by atoms with Crippen LogP contribution in [0.5, 0.6) is 0 Å². The number of nitrogens with two attached hydrogens (primary N) is 1. The summed E-state index contributed by atoms with van der Waals surface area (Å²) in [5, 5.41) is 6.99. The Hall–Kier alpha value is -3.84. The maximum absolute atomic E-state index is 6.37. The van der Waals surface area contributed by atoms with Crippen molar-refractivity contribution >= 4 is 27.8 Å². The van der Waals surface area contributed by atoms with Crippen molar-refractivity contribution in [2.75, 3.05) is 25.4 Å². The van der Waals surface area contributed by atoms with Crippen LogP contribution in [0.15, 0.2) is 67.0 Å². The van der Waals surface area contributed by atoms with Crippen LogP contribution in [0.1, 0.15) is 25.3 Å². The van der Waals surface area contributed by atoms with Crippen LogP contribution in [0.25, 0.3) is 44.5 Å². The van der Waals surface area contributed by atoms with Gasteiger partial charge in [-0.25, -0.2) is 19.6 Å². The van der Waals surface area contributed by atoms with Gasteiger partial charge in [-0.1, -0.05) is 48.5 Å². The predicted octanol–water partition coefficient (Wildman–Crippen LogP) is 4.95. The smallest absolute Gasteiger partial charge is 0.164 e. The molecule has 2 N–H and O–H groups in total. The molecule has 7 rings (SSSR count). The number of fused-ring (bicyclic) bond motifs is 2. The van der Waals surface area contributed by atoms with Gasteiger partial charge in [-0.15, -0.1) is 0 Å². The fraction of sp³-hybridized carbons (Fsp3) is 0.286. The number of benzene rings is 2. The lowest BCUT2D eigenvalue weighted by molar-refractivity contribution is 0.0880. The molecule has 5 aromatic rings. The summed E-state index contributed by atoms with van der Waals surface area (Å²) < 4.78 is 2.09. The molecule has 2 aliphatic rings. The molecule has 174 valence electrons. The third-order valence-electron chi connectivity index (χ3n) is 7.57. The third-order valence-corrected chi connectivity index (χ3v) is 7.57. The van der Waals surface area contributed by atoms with Crippen molar-refractivity contribution in [3.8, 4) is 22.5 Å². The number of anilines is 1. The summed E-state index contributed by atoms with van der Waals surface area (Å²) in [6.07, 6.45) is 5.16. The molecular weight excluding hydrogens is 434 g/mol. The summed E-state index contributed by atoms with van der Waals surface area (Å²) in [6, 6.07) is 21.1. The summed E-state index contributed by atoms with van der Waals surface area (Å²) in [5.74, 6) is 1.21. The molecule has 0 unspecified atom stereocenters. The molecule has 35 heavy (non-hydrogen) atoms. The molecule has 0 amide bonds. The first-order valence-electron chi connectivity index (χ1n) is 12.4. The van der Waals surface area contributed by atoms with Gasteiger partial charge in [0.05, 0.1) is 22.6 Å². The van der Waals surface area contributed by atoms with Gasteiger partial charge in [0.25, 0.3) is 0 Å². The molecule has 1 aliphatic heterocycles. The van der Waals surface area contributed by atoms with Crippen LogP contribution in [-0.4, -0.2) is 49.3 Å². The molecule has 0 atom stereocenters. The van der Waals surface area contributed by atoms with Crippen LogP contribution in [0.3, 0.4) is 0 Å². The lowest BCUT2D eigenvalue weighted by Crippen LogP contribution is -2.44. The Bertz CT molecular complexity index is 1530. The Morgan fingerprint density at radius 3 is 2.54 bits per heavy atom. The predicted molar refractivity (Wildman–Crippen MR) is 139 cm³/mol. The highest BCUT2D eigenvalue weighted by Crippen LogP contribution is 2.42. The number of rotatable bonds is 5. The summed E-state index contributed by atoms with van der Waals surface area (Å²) in [4.78, 5) is 16.4. The van der Waals surface area contributed by atoms with Crippen molar-refractivity contribution in [2.24, 2.45) is 5.92 Å². The van der Waals surface area contributed by atoms with E-state index in [1.807, 2.05) is 18.2 Å². The van der Waals surface area contributed by atoms with E-state index in [9.17, 15) is 0 Å². The van der Waals surface area contributed by atoms with Gasteiger partial charge in [0, 0.05) is 23.1 Å². The maximum atomic E-state index is 6.37. The first-order valence-corrected chi connectivity index (χ1v) is 12.4. The average Bonchev–Trinajstić information content (AvgIpc) is 3.22. The molecule has 0 spiro atoms. The van der Waals surface area contributed by atoms with E-state index in [4.69, 9.17) is 15.8 Å². The molecule has 1 saturated heterocycles. The molecule has 3 aromatic heterocycles. The van der Waals surface area contributed by atoms with Crippen molar-refractivity contribution in [2.45, 2.75) is 25.3 Å². The van der Waals surface area contributed by atoms with Crippen LogP contribution < -0.4 is 5.73 Å². The van der Waals surface area contributed by atoms with Crippen LogP contribution in [0.4, 0.5) is 5.82 Å². The van der Waals surface area contributed by atoms with Gasteiger partial charge in [-0.05, 0) is 50.4 Å². The minimum absolute atomic E-state index is 0.357. The molecular formula is C28H27N7. The van der Waals surface area contributed by atoms with Crippen molar-refractivity contribution in [3.05, 3.63) is 67.0 Å². The average molecular weight is 462 g/mol. The Labute approximate surface area is 203 Å². The molecule has 7 nitrogen and oxygen atoms in total. The van der Waals surface area contributed by atoms with E-state index in [1.165, 1.54) is 26.1 Å². The Morgan fingerprint density at radius 2 is 1.74 bits per heavy atom. The molecule has 2 fully saturated rings. The Kier molecular flexibility index (Phi) is 4.77. The minimum atomic E-state index is 0.357. The van der Waals surface area contributed by atoms with Crippen LogP contribution in [0, 0.1) is 5.92 Å².